The number of nitrogens with zero attached hydrogens (tertiary/aromatic N) is 1. The highest BCUT2D eigenvalue weighted by atomic mass is 16.5. The molecule has 0 saturated heterocycles. The Balaban J connectivity index is 2.49. The Morgan fingerprint density at radius 2 is 2.12 bits per heavy atom. The molecule has 0 aromatic carbocycles. The van der Waals surface area contributed by atoms with Crippen molar-refractivity contribution in [3.8, 4) is 0 Å². The van der Waals surface area contributed by atoms with Crippen molar-refractivity contribution in [1.29, 1.82) is 0 Å². The van der Waals surface area contributed by atoms with Gasteiger partial charge in [0.05, 0.1) is 18.5 Å². The number of anilines is 1. The fraction of sp³-hybridized carbons (Fsp3) is 0.500. The summed E-state index contributed by atoms with van der Waals surface area (Å²) in [6.45, 7) is 4.63. The van der Waals surface area contributed by atoms with Crippen LogP contribution in [0.1, 0.15) is 37.2 Å². The van der Waals surface area contributed by atoms with Crippen LogP contribution in [0.25, 0.3) is 0 Å². The van der Waals surface area contributed by atoms with Gasteiger partial charge in [-0.3, -0.25) is 0 Å². The lowest BCUT2D eigenvalue weighted by Crippen LogP contribution is -2.14. The van der Waals surface area contributed by atoms with E-state index < -0.39 is 0 Å². The lowest BCUT2D eigenvalue weighted by atomic mass is 10.1. The van der Waals surface area contributed by atoms with E-state index in [2.05, 4.69) is 18.8 Å². The van der Waals surface area contributed by atoms with Crippen molar-refractivity contribution in [1.82, 2.24) is 4.98 Å². The quantitative estimate of drug-likeness (QED) is 0.776. The van der Waals surface area contributed by atoms with E-state index in [9.17, 15) is 4.79 Å². The number of hydrogen-bond donors (Lipinski definition) is 1. The summed E-state index contributed by atoms with van der Waals surface area (Å²) < 4.78 is 5.17. The Morgan fingerprint density at radius 1 is 1.44 bits per heavy atom. The third-order valence-corrected chi connectivity index (χ3v) is 2.60. The average molecular weight is 222 g/mol. The largest absolute Gasteiger partial charge is 0.461 e. The van der Waals surface area contributed by atoms with Crippen LogP contribution in [0.15, 0.2) is 18.3 Å². The first kappa shape index (κ1) is 12.5. The Bertz CT molecular complexity index is 331. The fourth-order valence-corrected chi connectivity index (χ4v) is 1.32. The van der Waals surface area contributed by atoms with Crippen molar-refractivity contribution in [2.75, 3.05) is 12.3 Å². The zero-order chi connectivity index (χ0) is 12.0. The van der Waals surface area contributed by atoms with E-state index in [1.54, 1.807) is 12.1 Å². The molecule has 88 valence electrons. The topological polar surface area (TPSA) is 65.2 Å². The van der Waals surface area contributed by atoms with E-state index in [0.29, 0.717) is 23.9 Å². The highest BCUT2D eigenvalue weighted by molar-refractivity contribution is 5.87. The molecule has 0 atom stereocenters. The zero-order valence-corrected chi connectivity index (χ0v) is 9.77. The standard InChI is InChI=1S/C12H18N2O2/c1-3-9(4-2)8-16-12(15)11-6-5-10(13)7-14-11/h5-7,9H,3-4,8,13H2,1-2H3. The van der Waals surface area contributed by atoms with E-state index >= 15 is 0 Å². The molecule has 1 rings (SSSR count). The minimum absolute atomic E-state index is 0.306. The van der Waals surface area contributed by atoms with Crippen molar-refractivity contribution >= 4 is 11.7 Å². The third-order valence-electron chi connectivity index (χ3n) is 2.60. The molecule has 0 amide bonds. The number of esters is 1. The van der Waals surface area contributed by atoms with Crippen molar-refractivity contribution in [3.63, 3.8) is 0 Å². The first-order valence-corrected chi connectivity index (χ1v) is 5.56. The van der Waals surface area contributed by atoms with Crippen LogP contribution in [0, 0.1) is 5.92 Å². The summed E-state index contributed by atoms with van der Waals surface area (Å²) in [4.78, 5) is 15.5. The van der Waals surface area contributed by atoms with Crippen molar-refractivity contribution in [2.24, 2.45) is 5.92 Å². The zero-order valence-electron chi connectivity index (χ0n) is 9.77. The van der Waals surface area contributed by atoms with Gasteiger partial charge in [0.1, 0.15) is 5.69 Å². The number of nitrogens with two attached hydrogens (primary N) is 1. The van der Waals surface area contributed by atoms with E-state index in [1.165, 1.54) is 6.20 Å². The number of pyridine rings is 1. The normalized spacial score (nSPS) is 10.4. The SMILES string of the molecule is CCC(CC)COC(=O)c1ccc(N)cn1. The van der Waals surface area contributed by atoms with E-state index in [4.69, 9.17) is 10.5 Å². The van der Waals surface area contributed by atoms with Crippen LogP contribution >= 0.6 is 0 Å². The molecule has 4 nitrogen and oxygen atoms in total. The first-order valence-electron chi connectivity index (χ1n) is 5.56. The molecule has 0 fully saturated rings. The highest BCUT2D eigenvalue weighted by Gasteiger charge is 2.11. The number of carbonyl (C=O) groups is 1. The number of ether oxygens (including phenoxy) is 1. The maximum Gasteiger partial charge on any atom is 0.356 e. The highest BCUT2D eigenvalue weighted by Crippen LogP contribution is 2.09. The van der Waals surface area contributed by atoms with E-state index in [1.807, 2.05) is 0 Å². The summed E-state index contributed by atoms with van der Waals surface area (Å²) in [6, 6.07) is 3.21. The Hall–Kier alpha value is -1.58. The number of aromatic nitrogens is 1. The van der Waals surface area contributed by atoms with E-state index in [0.717, 1.165) is 12.8 Å². The molecular weight excluding hydrogens is 204 g/mol. The molecular formula is C12H18N2O2. The molecule has 0 aliphatic heterocycles. The molecule has 1 aromatic rings. The smallest absolute Gasteiger partial charge is 0.356 e. The number of rotatable bonds is 5. The minimum Gasteiger partial charge on any atom is -0.461 e. The van der Waals surface area contributed by atoms with Crippen LogP contribution in [0.3, 0.4) is 0 Å². The molecule has 16 heavy (non-hydrogen) atoms. The maximum absolute atomic E-state index is 11.6. The molecule has 0 spiro atoms. The molecule has 1 aromatic heterocycles. The lowest BCUT2D eigenvalue weighted by molar-refractivity contribution is 0.0426. The van der Waals surface area contributed by atoms with Crippen molar-refractivity contribution < 1.29 is 9.53 Å². The van der Waals surface area contributed by atoms with Gasteiger partial charge in [0.15, 0.2) is 0 Å². The molecule has 4 heteroatoms. The molecule has 0 unspecified atom stereocenters. The average Bonchev–Trinajstić information content (AvgIpc) is 2.31. The summed E-state index contributed by atoms with van der Waals surface area (Å²) in [6.07, 6.45) is 3.48. The van der Waals surface area contributed by atoms with Crippen molar-refractivity contribution in [2.45, 2.75) is 26.7 Å². The second kappa shape index (κ2) is 6.10. The van der Waals surface area contributed by atoms with Gasteiger partial charge >= 0.3 is 5.97 Å². The van der Waals surface area contributed by atoms with Gasteiger partial charge in [0, 0.05) is 0 Å². The second-order valence-corrected chi connectivity index (χ2v) is 3.76. The van der Waals surface area contributed by atoms with E-state index in [-0.39, 0.29) is 5.97 Å². The van der Waals surface area contributed by atoms with Gasteiger partial charge in [-0.05, 0) is 18.1 Å². The molecule has 0 saturated carbocycles. The molecule has 0 radical (unpaired) electrons. The van der Waals surface area contributed by atoms with Gasteiger partial charge in [-0.25, -0.2) is 9.78 Å². The van der Waals surface area contributed by atoms with Gasteiger partial charge in [-0.15, -0.1) is 0 Å². The summed E-state index contributed by atoms with van der Waals surface area (Å²) in [5.41, 5.74) is 6.32. The monoisotopic (exact) mass is 222 g/mol. The summed E-state index contributed by atoms with van der Waals surface area (Å²) in [5, 5.41) is 0. The number of carbonyl (C=O) groups excluding carboxylic acids is 1. The van der Waals surface area contributed by atoms with Crippen LogP contribution < -0.4 is 5.73 Å². The molecule has 0 aliphatic carbocycles. The summed E-state index contributed by atoms with van der Waals surface area (Å²) in [5.74, 6) is 0.0460. The third kappa shape index (κ3) is 3.53. The van der Waals surface area contributed by atoms with Gasteiger partial charge < -0.3 is 10.5 Å². The number of hydrogen-bond acceptors (Lipinski definition) is 4. The molecule has 2 N–H and O–H groups in total. The molecule has 0 aliphatic rings. The fourth-order valence-electron chi connectivity index (χ4n) is 1.32. The van der Waals surface area contributed by atoms with Crippen LogP contribution in [0.4, 0.5) is 5.69 Å². The summed E-state index contributed by atoms with van der Waals surface area (Å²) in [7, 11) is 0. The molecule has 0 bridgehead atoms. The lowest BCUT2D eigenvalue weighted by Gasteiger charge is -2.12. The Kier molecular flexibility index (Phi) is 4.76. The van der Waals surface area contributed by atoms with Crippen LogP contribution in [-0.2, 0) is 4.74 Å². The van der Waals surface area contributed by atoms with Gasteiger partial charge in [0.25, 0.3) is 0 Å². The summed E-state index contributed by atoms with van der Waals surface area (Å²) >= 11 is 0. The Labute approximate surface area is 95.8 Å². The van der Waals surface area contributed by atoms with Crippen LogP contribution in [0.2, 0.25) is 0 Å². The van der Waals surface area contributed by atoms with Crippen molar-refractivity contribution in [3.05, 3.63) is 24.0 Å². The number of nitrogen functional groups attached to an aromatic ring is 1. The van der Waals surface area contributed by atoms with Gasteiger partial charge in [-0.1, -0.05) is 26.7 Å². The van der Waals surface area contributed by atoms with Gasteiger partial charge in [-0.2, -0.15) is 0 Å². The maximum atomic E-state index is 11.6. The predicted octanol–water partition coefficient (Wildman–Crippen LogP) is 2.26. The molecule has 1 heterocycles. The first-order chi connectivity index (χ1) is 7.67. The van der Waals surface area contributed by atoms with Gasteiger partial charge in [0.2, 0.25) is 0 Å². The minimum atomic E-state index is -0.382. The second-order valence-electron chi connectivity index (χ2n) is 3.76. The van der Waals surface area contributed by atoms with Crippen LogP contribution in [-0.4, -0.2) is 17.6 Å². The van der Waals surface area contributed by atoms with Crippen LogP contribution in [0.5, 0.6) is 0 Å². The Morgan fingerprint density at radius 3 is 2.62 bits per heavy atom. The predicted molar refractivity (Wildman–Crippen MR) is 63.0 cm³/mol.